The van der Waals surface area contributed by atoms with E-state index in [1.54, 1.807) is 0 Å². The maximum Gasteiger partial charge on any atom is 0.138 e. The molecule has 2 aromatic carbocycles. The van der Waals surface area contributed by atoms with E-state index in [9.17, 15) is 0 Å². The average Bonchev–Trinajstić information content (AvgIpc) is 2.30. The number of para-hydroxylation sites is 1. The van der Waals surface area contributed by atoms with Gasteiger partial charge in [-0.3, -0.25) is 0 Å². The Hall–Kier alpha value is -0.740. The molecule has 82 valence electrons. The van der Waals surface area contributed by atoms with Crippen LogP contribution in [0, 0.1) is 3.57 Å². The van der Waals surface area contributed by atoms with Crippen LogP contribution in [0.2, 0.25) is 5.02 Å². The summed E-state index contributed by atoms with van der Waals surface area (Å²) in [6.07, 6.45) is 0. The Morgan fingerprint density at radius 2 is 1.69 bits per heavy atom. The third kappa shape index (κ3) is 3.12. The topological polar surface area (TPSA) is 9.23 Å². The molecule has 3 heteroatoms. The predicted molar refractivity (Wildman–Crippen MR) is 74.9 cm³/mol. The molecule has 0 aliphatic rings. The fourth-order valence-electron chi connectivity index (χ4n) is 1.30. The second-order valence-corrected chi connectivity index (χ2v) is 5.00. The molecule has 0 spiro atoms. The fraction of sp³-hybridized carbons (Fsp3) is 0.0769. The van der Waals surface area contributed by atoms with E-state index in [4.69, 9.17) is 16.3 Å². The highest BCUT2D eigenvalue weighted by molar-refractivity contribution is 14.1. The van der Waals surface area contributed by atoms with Crippen molar-refractivity contribution in [2.75, 3.05) is 0 Å². The third-order valence-electron chi connectivity index (χ3n) is 2.14. The molecule has 0 atom stereocenters. The number of rotatable bonds is 3. The van der Waals surface area contributed by atoms with Gasteiger partial charge < -0.3 is 4.74 Å². The first-order chi connectivity index (χ1) is 7.75. The lowest BCUT2D eigenvalue weighted by molar-refractivity contribution is 0.306. The zero-order chi connectivity index (χ0) is 11.4. The first kappa shape index (κ1) is 11.7. The van der Waals surface area contributed by atoms with Crippen molar-refractivity contribution in [3.63, 3.8) is 0 Å². The van der Waals surface area contributed by atoms with E-state index < -0.39 is 0 Å². The van der Waals surface area contributed by atoms with Crippen LogP contribution < -0.4 is 4.74 Å². The summed E-state index contributed by atoms with van der Waals surface area (Å²) >= 11 is 8.27. The van der Waals surface area contributed by atoms with Crippen LogP contribution in [0.1, 0.15) is 5.56 Å². The Morgan fingerprint density at radius 1 is 1.00 bits per heavy atom. The van der Waals surface area contributed by atoms with Crippen molar-refractivity contribution < 1.29 is 4.74 Å². The van der Waals surface area contributed by atoms with Crippen LogP contribution in [0.25, 0.3) is 0 Å². The highest BCUT2D eigenvalue weighted by Crippen LogP contribution is 2.24. The van der Waals surface area contributed by atoms with Gasteiger partial charge in [-0.15, -0.1) is 0 Å². The summed E-state index contributed by atoms with van der Waals surface area (Å²) in [6.45, 7) is 0.542. The fourth-order valence-corrected chi connectivity index (χ4v) is 1.85. The van der Waals surface area contributed by atoms with Crippen LogP contribution in [-0.4, -0.2) is 0 Å². The molecule has 0 radical (unpaired) electrons. The molecule has 0 N–H and O–H groups in total. The van der Waals surface area contributed by atoms with Gasteiger partial charge in [-0.25, -0.2) is 0 Å². The maximum absolute atomic E-state index is 5.99. The molecule has 0 unspecified atom stereocenters. The normalized spacial score (nSPS) is 10.1. The largest absolute Gasteiger partial charge is 0.487 e. The summed E-state index contributed by atoms with van der Waals surface area (Å²) in [7, 11) is 0. The van der Waals surface area contributed by atoms with Gasteiger partial charge in [-0.2, -0.15) is 0 Å². The standard InChI is InChI=1S/C13H10ClIO/c14-12-3-1-2-4-13(12)16-9-10-5-7-11(15)8-6-10/h1-8H,9H2. The van der Waals surface area contributed by atoms with Crippen LogP contribution in [0.3, 0.4) is 0 Å². The molecule has 0 amide bonds. The van der Waals surface area contributed by atoms with Gasteiger partial charge in [0.2, 0.25) is 0 Å². The summed E-state index contributed by atoms with van der Waals surface area (Å²) < 4.78 is 6.85. The van der Waals surface area contributed by atoms with Gasteiger partial charge >= 0.3 is 0 Å². The Kier molecular flexibility index (Phi) is 4.07. The third-order valence-corrected chi connectivity index (χ3v) is 3.18. The minimum atomic E-state index is 0.542. The Bertz CT molecular complexity index is 468. The Labute approximate surface area is 114 Å². The second kappa shape index (κ2) is 5.55. The van der Waals surface area contributed by atoms with Gasteiger partial charge in [0, 0.05) is 3.57 Å². The smallest absolute Gasteiger partial charge is 0.138 e. The first-order valence-corrected chi connectivity index (χ1v) is 6.33. The molecular formula is C13H10ClIO. The lowest BCUT2D eigenvalue weighted by Crippen LogP contribution is -1.95. The molecule has 0 aliphatic carbocycles. The van der Waals surface area contributed by atoms with Crippen molar-refractivity contribution in [3.8, 4) is 5.75 Å². The molecule has 0 saturated carbocycles. The molecule has 2 aromatic rings. The highest BCUT2D eigenvalue weighted by atomic mass is 127. The average molecular weight is 345 g/mol. The minimum absolute atomic E-state index is 0.542. The Morgan fingerprint density at radius 3 is 2.38 bits per heavy atom. The molecule has 0 aliphatic heterocycles. The lowest BCUT2D eigenvalue weighted by atomic mass is 10.2. The van der Waals surface area contributed by atoms with E-state index in [-0.39, 0.29) is 0 Å². The van der Waals surface area contributed by atoms with Crippen molar-refractivity contribution in [1.82, 2.24) is 0 Å². The molecule has 2 rings (SSSR count). The number of benzene rings is 2. The van der Waals surface area contributed by atoms with Gasteiger partial charge in [0.1, 0.15) is 12.4 Å². The van der Waals surface area contributed by atoms with Gasteiger partial charge in [-0.1, -0.05) is 35.9 Å². The number of hydrogen-bond acceptors (Lipinski definition) is 1. The van der Waals surface area contributed by atoms with Crippen molar-refractivity contribution >= 4 is 34.2 Å². The van der Waals surface area contributed by atoms with Crippen LogP contribution in [0.4, 0.5) is 0 Å². The molecule has 0 fully saturated rings. The highest BCUT2D eigenvalue weighted by Gasteiger charge is 2.00. The number of hydrogen-bond donors (Lipinski definition) is 0. The minimum Gasteiger partial charge on any atom is -0.487 e. The van der Waals surface area contributed by atoms with E-state index >= 15 is 0 Å². The molecule has 0 saturated heterocycles. The number of halogens is 2. The van der Waals surface area contributed by atoms with Gasteiger partial charge in [0.15, 0.2) is 0 Å². The molecular weight excluding hydrogens is 334 g/mol. The number of ether oxygens (including phenoxy) is 1. The van der Waals surface area contributed by atoms with Gasteiger partial charge in [0.25, 0.3) is 0 Å². The van der Waals surface area contributed by atoms with E-state index in [1.807, 2.05) is 24.3 Å². The summed E-state index contributed by atoms with van der Waals surface area (Å²) in [4.78, 5) is 0. The lowest BCUT2D eigenvalue weighted by Gasteiger charge is -2.07. The van der Waals surface area contributed by atoms with Crippen LogP contribution in [-0.2, 0) is 6.61 Å². The SMILES string of the molecule is Clc1ccccc1OCc1ccc(I)cc1. The summed E-state index contributed by atoms with van der Waals surface area (Å²) in [5, 5.41) is 0.646. The molecule has 0 aromatic heterocycles. The maximum atomic E-state index is 5.99. The zero-order valence-electron chi connectivity index (χ0n) is 8.49. The summed E-state index contributed by atoms with van der Waals surface area (Å²) in [6, 6.07) is 15.7. The molecule has 16 heavy (non-hydrogen) atoms. The van der Waals surface area contributed by atoms with Gasteiger partial charge in [0.05, 0.1) is 5.02 Å². The van der Waals surface area contributed by atoms with E-state index in [0.29, 0.717) is 11.6 Å². The molecule has 0 heterocycles. The van der Waals surface area contributed by atoms with Crippen LogP contribution in [0.5, 0.6) is 5.75 Å². The van der Waals surface area contributed by atoms with Crippen LogP contribution in [0.15, 0.2) is 48.5 Å². The van der Waals surface area contributed by atoms with Crippen molar-refractivity contribution in [1.29, 1.82) is 0 Å². The van der Waals surface area contributed by atoms with Gasteiger partial charge in [-0.05, 0) is 52.4 Å². The van der Waals surface area contributed by atoms with E-state index in [1.165, 1.54) is 3.57 Å². The molecule has 1 nitrogen and oxygen atoms in total. The summed E-state index contributed by atoms with van der Waals surface area (Å²) in [5.74, 6) is 0.725. The van der Waals surface area contributed by atoms with E-state index in [2.05, 4.69) is 46.9 Å². The zero-order valence-corrected chi connectivity index (χ0v) is 11.4. The van der Waals surface area contributed by atoms with E-state index in [0.717, 1.165) is 11.3 Å². The van der Waals surface area contributed by atoms with Crippen LogP contribution >= 0.6 is 34.2 Å². The monoisotopic (exact) mass is 344 g/mol. The quantitative estimate of drug-likeness (QED) is 0.744. The first-order valence-electron chi connectivity index (χ1n) is 4.87. The van der Waals surface area contributed by atoms with Crippen molar-refractivity contribution in [2.24, 2.45) is 0 Å². The van der Waals surface area contributed by atoms with Crippen molar-refractivity contribution in [3.05, 3.63) is 62.7 Å². The predicted octanol–water partition coefficient (Wildman–Crippen LogP) is 4.52. The second-order valence-electron chi connectivity index (χ2n) is 3.35. The summed E-state index contributed by atoms with van der Waals surface area (Å²) in [5.41, 5.74) is 1.14. The Balaban J connectivity index is 2.02. The molecule has 0 bridgehead atoms. The van der Waals surface area contributed by atoms with Crippen molar-refractivity contribution in [2.45, 2.75) is 6.61 Å².